The fourth-order valence-electron chi connectivity index (χ4n) is 3.84. The molecule has 1 saturated heterocycles. The smallest absolute Gasteiger partial charge is 0.191 e. The van der Waals surface area contributed by atoms with Gasteiger partial charge in [0.2, 0.25) is 0 Å². The van der Waals surface area contributed by atoms with Crippen LogP contribution in [0.15, 0.2) is 47.7 Å². The van der Waals surface area contributed by atoms with Gasteiger partial charge in [-0.25, -0.2) is 4.99 Å². The third-order valence-electron chi connectivity index (χ3n) is 5.52. The van der Waals surface area contributed by atoms with Crippen molar-refractivity contribution in [2.45, 2.75) is 39.9 Å². The second-order valence-corrected chi connectivity index (χ2v) is 8.01. The molecule has 2 N–H and O–H groups in total. The van der Waals surface area contributed by atoms with E-state index in [4.69, 9.17) is 9.73 Å². The molecule has 0 amide bonds. The molecule has 1 fully saturated rings. The number of morpholine rings is 1. The Labute approximate surface area is 180 Å². The molecule has 164 valence electrons. The topological polar surface area (TPSA) is 66.7 Å². The summed E-state index contributed by atoms with van der Waals surface area (Å²) < 4.78 is 7.47. The summed E-state index contributed by atoms with van der Waals surface area (Å²) in [5, 5.41) is 11.3. The largest absolute Gasteiger partial charge is 0.379 e. The van der Waals surface area contributed by atoms with E-state index in [1.165, 1.54) is 11.1 Å². The molecule has 2 aromatic rings. The van der Waals surface area contributed by atoms with Crippen LogP contribution in [0.5, 0.6) is 0 Å². The Morgan fingerprint density at radius 1 is 1.13 bits per heavy atom. The van der Waals surface area contributed by atoms with Gasteiger partial charge in [0.15, 0.2) is 5.96 Å². The van der Waals surface area contributed by atoms with Crippen LogP contribution in [0, 0.1) is 5.92 Å². The first kappa shape index (κ1) is 22.3. The number of hydrogen-bond donors (Lipinski definition) is 2. The van der Waals surface area contributed by atoms with Crippen LogP contribution in [0.2, 0.25) is 0 Å². The van der Waals surface area contributed by atoms with Crippen molar-refractivity contribution < 1.29 is 4.74 Å². The van der Waals surface area contributed by atoms with Crippen LogP contribution in [0.1, 0.15) is 31.9 Å². The number of guanidine groups is 1. The van der Waals surface area contributed by atoms with Gasteiger partial charge in [0.1, 0.15) is 0 Å². The van der Waals surface area contributed by atoms with E-state index < -0.39 is 0 Å². The summed E-state index contributed by atoms with van der Waals surface area (Å²) in [7, 11) is 0. The molecule has 0 radical (unpaired) electrons. The Morgan fingerprint density at radius 3 is 2.57 bits per heavy atom. The third kappa shape index (κ3) is 6.57. The minimum Gasteiger partial charge on any atom is -0.379 e. The van der Waals surface area contributed by atoms with Crippen molar-refractivity contribution in [2.24, 2.45) is 10.9 Å². The molecule has 0 saturated carbocycles. The molecule has 1 atom stereocenters. The molecule has 1 aliphatic rings. The lowest BCUT2D eigenvalue weighted by Crippen LogP contribution is -2.52. The lowest BCUT2D eigenvalue weighted by molar-refractivity contribution is 0.00752. The van der Waals surface area contributed by atoms with Crippen molar-refractivity contribution in [1.29, 1.82) is 0 Å². The van der Waals surface area contributed by atoms with Gasteiger partial charge in [-0.15, -0.1) is 0 Å². The molecule has 3 rings (SSSR count). The molecule has 1 aromatic heterocycles. The molecule has 0 spiro atoms. The Hall–Kier alpha value is -2.38. The maximum atomic E-state index is 5.53. The number of aromatic nitrogens is 2. The summed E-state index contributed by atoms with van der Waals surface area (Å²) in [4.78, 5) is 7.40. The highest BCUT2D eigenvalue weighted by Crippen LogP contribution is 2.13. The van der Waals surface area contributed by atoms with Crippen LogP contribution < -0.4 is 10.6 Å². The van der Waals surface area contributed by atoms with Gasteiger partial charge in [0, 0.05) is 44.6 Å². The van der Waals surface area contributed by atoms with Crippen LogP contribution in [0.4, 0.5) is 0 Å². The summed E-state index contributed by atoms with van der Waals surface area (Å²) in [6.07, 6.45) is 3.80. The first-order chi connectivity index (χ1) is 14.7. The molecule has 0 aliphatic carbocycles. The average molecular weight is 413 g/mol. The van der Waals surface area contributed by atoms with Gasteiger partial charge in [0.25, 0.3) is 0 Å². The number of benzene rings is 1. The van der Waals surface area contributed by atoms with E-state index >= 15 is 0 Å². The standard InChI is InChI=1S/C23H36N6O/c1-4-24-23(26-17-22(19(2)3)28-12-14-30-15-13-28)25-16-20-8-5-6-9-21(20)18-29-11-7-10-27-29/h5-11,19,22H,4,12-18H2,1-3H3,(H2,24,25,26). The lowest BCUT2D eigenvalue weighted by Gasteiger charge is -2.37. The number of hydrogen-bond acceptors (Lipinski definition) is 4. The molecular formula is C23H36N6O. The van der Waals surface area contributed by atoms with Crippen LogP contribution >= 0.6 is 0 Å². The second-order valence-electron chi connectivity index (χ2n) is 8.01. The number of nitrogens with one attached hydrogen (secondary N) is 2. The van der Waals surface area contributed by atoms with Crippen molar-refractivity contribution in [2.75, 3.05) is 39.4 Å². The SMILES string of the molecule is CCNC(=NCc1ccccc1Cn1cccn1)NCC(C(C)C)N1CCOCC1. The zero-order valence-electron chi connectivity index (χ0n) is 18.6. The summed E-state index contributed by atoms with van der Waals surface area (Å²) in [6.45, 7) is 13.4. The normalized spacial score (nSPS) is 16.6. The van der Waals surface area contributed by atoms with Crippen molar-refractivity contribution in [3.63, 3.8) is 0 Å². The fraction of sp³-hybridized carbons (Fsp3) is 0.565. The van der Waals surface area contributed by atoms with E-state index in [1.807, 2.05) is 23.1 Å². The third-order valence-corrected chi connectivity index (χ3v) is 5.52. The van der Waals surface area contributed by atoms with E-state index in [0.29, 0.717) is 18.5 Å². The minimum atomic E-state index is 0.463. The molecule has 30 heavy (non-hydrogen) atoms. The predicted octanol–water partition coefficient (Wildman–Crippen LogP) is 2.34. The van der Waals surface area contributed by atoms with E-state index in [0.717, 1.165) is 51.9 Å². The zero-order valence-corrected chi connectivity index (χ0v) is 18.6. The van der Waals surface area contributed by atoms with Crippen LogP contribution in [0.25, 0.3) is 0 Å². The molecule has 1 aliphatic heterocycles. The van der Waals surface area contributed by atoms with Crippen molar-refractivity contribution in [1.82, 2.24) is 25.3 Å². The van der Waals surface area contributed by atoms with Crippen LogP contribution in [-0.2, 0) is 17.8 Å². The first-order valence-corrected chi connectivity index (χ1v) is 11.1. The maximum absolute atomic E-state index is 5.53. The highest BCUT2D eigenvalue weighted by atomic mass is 16.5. The summed E-state index contributed by atoms with van der Waals surface area (Å²) in [6, 6.07) is 10.9. The molecule has 7 heteroatoms. The zero-order chi connectivity index (χ0) is 21.2. The fourth-order valence-corrected chi connectivity index (χ4v) is 3.84. The highest BCUT2D eigenvalue weighted by molar-refractivity contribution is 5.79. The Kier molecular flexibility index (Phi) is 8.71. The van der Waals surface area contributed by atoms with Crippen molar-refractivity contribution >= 4 is 5.96 Å². The average Bonchev–Trinajstić information content (AvgIpc) is 3.26. The molecular weight excluding hydrogens is 376 g/mol. The Balaban J connectivity index is 1.64. The lowest BCUT2D eigenvalue weighted by atomic mass is 10.0. The van der Waals surface area contributed by atoms with E-state index in [-0.39, 0.29) is 0 Å². The maximum Gasteiger partial charge on any atom is 0.191 e. The number of ether oxygens (including phenoxy) is 1. The minimum absolute atomic E-state index is 0.463. The van der Waals surface area contributed by atoms with Gasteiger partial charge in [-0.05, 0) is 30.0 Å². The monoisotopic (exact) mass is 412 g/mol. The summed E-state index contributed by atoms with van der Waals surface area (Å²) in [5.74, 6) is 1.43. The predicted molar refractivity (Wildman–Crippen MR) is 122 cm³/mol. The van der Waals surface area contributed by atoms with Crippen molar-refractivity contribution in [3.05, 3.63) is 53.9 Å². The van der Waals surface area contributed by atoms with Crippen molar-refractivity contribution in [3.8, 4) is 0 Å². The van der Waals surface area contributed by atoms with E-state index in [1.54, 1.807) is 0 Å². The quantitative estimate of drug-likeness (QED) is 0.489. The Bertz CT molecular complexity index is 768. The number of rotatable bonds is 9. The van der Waals surface area contributed by atoms with Gasteiger partial charge in [-0.3, -0.25) is 9.58 Å². The molecule has 1 aromatic carbocycles. The number of nitrogens with zero attached hydrogens (tertiary/aromatic N) is 4. The second kappa shape index (κ2) is 11.7. The Morgan fingerprint density at radius 2 is 1.90 bits per heavy atom. The molecule has 7 nitrogen and oxygen atoms in total. The van der Waals surface area contributed by atoms with E-state index in [9.17, 15) is 0 Å². The van der Waals surface area contributed by atoms with Gasteiger partial charge >= 0.3 is 0 Å². The summed E-state index contributed by atoms with van der Waals surface area (Å²) in [5.41, 5.74) is 2.47. The van der Waals surface area contributed by atoms with Gasteiger partial charge < -0.3 is 15.4 Å². The first-order valence-electron chi connectivity index (χ1n) is 11.1. The molecule has 2 heterocycles. The summed E-state index contributed by atoms with van der Waals surface area (Å²) >= 11 is 0. The van der Waals surface area contributed by atoms with Crippen LogP contribution in [-0.4, -0.2) is 66.1 Å². The van der Waals surface area contributed by atoms with Crippen LogP contribution in [0.3, 0.4) is 0 Å². The van der Waals surface area contributed by atoms with E-state index in [2.05, 4.69) is 65.7 Å². The van der Waals surface area contributed by atoms with Gasteiger partial charge in [-0.2, -0.15) is 5.10 Å². The number of aliphatic imine (C=N–C) groups is 1. The molecule has 0 bridgehead atoms. The highest BCUT2D eigenvalue weighted by Gasteiger charge is 2.23. The van der Waals surface area contributed by atoms with Gasteiger partial charge in [-0.1, -0.05) is 38.1 Å². The molecule has 1 unspecified atom stereocenters. The van der Waals surface area contributed by atoms with Gasteiger partial charge in [0.05, 0.1) is 26.3 Å².